The molecule has 0 aliphatic carbocycles. The van der Waals surface area contributed by atoms with Crippen molar-refractivity contribution < 1.29 is 13.5 Å². The minimum atomic E-state index is -3.41. The predicted molar refractivity (Wildman–Crippen MR) is 48.5 cm³/mol. The van der Waals surface area contributed by atoms with Crippen molar-refractivity contribution in [2.75, 3.05) is 6.61 Å². The van der Waals surface area contributed by atoms with Gasteiger partial charge in [-0.25, -0.2) is 0 Å². The topological polar surface area (TPSA) is 39.4 Å². The Morgan fingerprint density at radius 2 is 2.20 bits per heavy atom. The van der Waals surface area contributed by atoms with Crippen LogP contribution in [0.5, 0.6) is 0 Å². The molecule has 6 heteroatoms. The highest BCUT2D eigenvalue weighted by molar-refractivity contribution is 5.37. The molecular formula is C9H9F2N3O. The van der Waals surface area contributed by atoms with Crippen LogP contribution in [0, 0.1) is 0 Å². The van der Waals surface area contributed by atoms with Crippen LogP contribution in [0.4, 0.5) is 8.78 Å². The summed E-state index contributed by atoms with van der Waals surface area (Å²) >= 11 is 0. The quantitative estimate of drug-likeness (QED) is 0.780. The first kappa shape index (κ1) is 9.97. The zero-order valence-corrected chi connectivity index (χ0v) is 8.02. The molecule has 4 nitrogen and oxygen atoms in total. The standard InChI is InChI=1S/C9H9F2N3O/c1-2-15-9(10,11)8-13-12-7-5-3-4-6-14(7)8/h3-6H,2H2,1H3. The summed E-state index contributed by atoms with van der Waals surface area (Å²) in [5.74, 6) is -0.500. The molecule has 0 radical (unpaired) electrons. The summed E-state index contributed by atoms with van der Waals surface area (Å²) in [6.07, 6.45) is -1.94. The van der Waals surface area contributed by atoms with E-state index in [4.69, 9.17) is 0 Å². The molecule has 0 N–H and O–H groups in total. The number of aromatic nitrogens is 3. The second-order valence-corrected chi connectivity index (χ2v) is 2.90. The first-order valence-electron chi connectivity index (χ1n) is 4.47. The smallest absolute Gasteiger partial charge is 0.314 e. The molecule has 80 valence electrons. The van der Waals surface area contributed by atoms with Crippen LogP contribution in [0.1, 0.15) is 12.7 Å². The molecule has 2 aromatic rings. The van der Waals surface area contributed by atoms with Crippen LogP contribution in [-0.4, -0.2) is 21.2 Å². The molecule has 0 atom stereocenters. The number of alkyl halides is 2. The fourth-order valence-corrected chi connectivity index (χ4v) is 1.29. The van der Waals surface area contributed by atoms with Crippen LogP contribution in [0.15, 0.2) is 24.4 Å². The highest BCUT2D eigenvalue weighted by Crippen LogP contribution is 2.27. The summed E-state index contributed by atoms with van der Waals surface area (Å²) in [6, 6.07) is 4.92. The lowest BCUT2D eigenvalue weighted by Gasteiger charge is -2.13. The number of pyridine rings is 1. The molecule has 2 rings (SSSR count). The Bertz CT molecular complexity index is 469. The maximum Gasteiger partial charge on any atom is 0.418 e. The summed E-state index contributed by atoms with van der Waals surface area (Å²) in [7, 11) is 0. The van der Waals surface area contributed by atoms with Crippen molar-refractivity contribution in [1.29, 1.82) is 0 Å². The number of rotatable bonds is 3. The van der Waals surface area contributed by atoms with E-state index in [0.717, 1.165) is 0 Å². The summed E-state index contributed by atoms with van der Waals surface area (Å²) in [4.78, 5) is 0. The van der Waals surface area contributed by atoms with Gasteiger partial charge in [0.2, 0.25) is 5.82 Å². The van der Waals surface area contributed by atoms with Crippen molar-refractivity contribution in [2.45, 2.75) is 13.0 Å². The van der Waals surface area contributed by atoms with E-state index >= 15 is 0 Å². The molecule has 0 aliphatic rings. The monoisotopic (exact) mass is 213 g/mol. The molecule has 0 fully saturated rings. The zero-order chi connectivity index (χ0) is 10.9. The number of ether oxygens (including phenoxy) is 1. The first-order chi connectivity index (χ1) is 7.15. The number of hydrogen-bond donors (Lipinski definition) is 0. The van der Waals surface area contributed by atoms with Gasteiger partial charge in [-0.3, -0.25) is 4.40 Å². The molecule has 2 heterocycles. The molecule has 0 saturated carbocycles. The van der Waals surface area contributed by atoms with E-state index in [0.29, 0.717) is 5.65 Å². The van der Waals surface area contributed by atoms with Gasteiger partial charge in [0.1, 0.15) is 0 Å². The fourth-order valence-electron chi connectivity index (χ4n) is 1.29. The third-order valence-corrected chi connectivity index (χ3v) is 1.90. The lowest BCUT2D eigenvalue weighted by Crippen LogP contribution is -2.21. The van der Waals surface area contributed by atoms with Gasteiger partial charge in [0, 0.05) is 6.20 Å². The average molecular weight is 213 g/mol. The summed E-state index contributed by atoms with van der Waals surface area (Å²) < 4.78 is 32.3. The van der Waals surface area contributed by atoms with Gasteiger partial charge in [0.05, 0.1) is 6.61 Å². The molecule has 15 heavy (non-hydrogen) atoms. The van der Waals surface area contributed by atoms with Crippen molar-refractivity contribution >= 4 is 5.65 Å². The van der Waals surface area contributed by atoms with Crippen molar-refractivity contribution in [2.24, 2.45) is 0 Å². The van der Waals surface area contributed by atoms with E-state index in [-0.39, 0.29) is 6.61 Å². The fraction of sp³-hybridized carbons (Fsp3) is 0.333. The third kappa shape index (κ3) is 1.68. The second kappa shape index (κ2) is 3.54. The van der Waals surface area contributed by atoms with Gasteiger partial charge in [0.15, 0.2) is 5.65 Å². The molecular weight excluding hydrogens is 204 g/mol. The summed E-state index contributed by atoms with van der Waals surface area (Å²) in [5, 5.41) is 7.04. The van der Waals surface area contributed by atoms with Gasteiger partial charge in [0.25, 0.3) is 0 Å². The lowest BCUT2D eigenvalue weighted by atomic mass is 10.4. The van der Waals surface area contributed by atoms with Gasteiger partial charge in [-0.05, 0) is 19.1 Å². The van der Waals surface area contributed by atoms with Crippen molar-refractivity contribution in [3.05, 3.63) is 30.2 Å². The van der Waals surface area contributed by atoms with Crippen LogP contribution >= 0.6 is 0 Å². The predicted octanol–water partition coefficient (Wildman–Crippen LogP) is 1.82. The van der Waals surface area contributed by atoms with E-state index in [2.05, 4.69) is 14.9 Å². The molecule has 2 aromatic heterocycles. The maximum absolute atomic E-state index is 13.4. The number of nitrogens with zero attached hydrogens (tertiary/aromatic N) is 3. The second-order valence-electron chi connectivity index (χ2n) is 2.90. The SMILES string of the molecule is CCOC(F)(F)c1nnc2ccccn12. The first-order valence-corrected chi connectivity index (χ1v) is 4.47. The zero-order valence-electron chi connectivity index (χ0n) is 8.02. The van der Waals surface area contributed by atoms with Crippen molar-refractivity contribution in [1.82, 2.24) is 14.6 Å². The summed E-state index contributed by atoms with van der Waals surface area (Å²) in [6.45, 7) is 1.41. The highest BCUT2D eigenvalue weighted by Gasteiger charge is 2.38. The molecule has 0 saturated heterocycles. The van der Waals surface area contributed by atoms with Gasteiger partial charge in [-0.15, -0.1) is 10.2 Å². The van der Waals surface area contributed by atoms with Crippen molar-refractivity contribution in [3.8, 4) is 0 Å². The Kier molecular flexibility index (Phi) is 2.36. The van der Waals surface area contributed by atoms with Gasteiger partial charge >= 0.3 is 6.11 Å². The van der Waals surface area contributed by atoms with E-state index < -0.39 is 11.9 Å². The Morgan fingerprint density at radius 3 is 2.93 bits per heavy atom. The van der Waals surface area contributed by atoms with E-state index in [1.165, 1.54) is 17.5 Å². The molecule has 0 spiro atoms. The number of hydrogen-bond acceptors (Lipinski definition) is 3. The minimum absolute atomic E-state index is 0.0885. The minimum Gasteiger partial charge on any atom is -0.314 e. The Morgan fingerprint density at radius 1 is 1.40 bits per heavy atom. The molecule has 0 amide bonds. The Balaban J connectivity index is 2.52. The van der Waals surface area contributed by atoms with E-state index in [1.807, 2.05) is 0 Å². The van der Waals surface area contributed by atoms with Crippen LogP contribution in [0.2, 0.25) is 0 Å². The number of halogens is 2. The largest absolute Gasteiger partial charge is 0.418 e. The van der Waals surface area contributed by atoms with Crippen LogP contribution in [0.3, 0.4) is 0 Å². The van der Waals surface area contributed by atoms with E-state index in [9.17, 15) is 8.78 Å². The normalized spacial score (nSPS) is 12.2. The third-order valence-electron chi connectivity index (χ3n) is 1.90. The van der Waals surface area contributed by atoms with Gasteiger partial charge in [-0.1, -0.05) is 6.07 Å². The van der Waals surface area contributed by atoms with Crippen molar-refractivity contribution in [3.63, 3.8) is 0 Å². The van der Waals surface area contributed by atoms with Crippen LogP contribution in [0.25, 0.3) is 5.65 Å². The molecule has 0 aromatic carbocycles. The Labute approximate surface area is 84.5 Å². The molecule has 0 aliphatic heterocycles. The van der Waals surface area contributed by atoms with E-state index in [1.54, 1.807) is 18.2 Å². The van der Waals surface area contributed by atoms with Gasteiger partial charge in [-0.2, -0.15) is 8.78 Å². The molecule has 0 bridgehead atoms. The van der Waals surface area contributed by atoms with Gasteiger partial charge < -0.3 is 4.74 Å². The lowest BCUT2D eigenvalue weighted by molar-refractivity contribution is -0.251. The highest BCUT2D eigenvalue weighted by atomic mass is 19.3. The summed E-state index contributed by atoms with van der Waals surface area (Å²) in [5.41, 5.74) is 0.367. The van der Waals surface area contributed by atoms with Crippen LogP contribution < -0.4 is 0 Å². The maximum atomic E-state index is 13.4. The number of fused-ring (bicyclic) bond motifs is 1. The van der Waals surface area contributed by atoms with Crippen LogP contribution in [-0.2, 0) is 10.8 Å². The average Bonchev–Trinajstić information content (AvgIpc) is 2.61. The molecule has 0 unspecified atom stereocenters. The Hall–Kier alpha value is -1.56.